The average Bonchev–Trinajstić information content (AvgIpc) is 2.91. The summed E-state index contributed by atoms with van der Waals surface area (Å²) in [6.45, 7) is 1.64. The van der Waals surface area contributed by atoms with E-state index in [0.717, 1.165) is 30.2 Å². The monoisotopic (exact) mass is 298 g/mol. The van der Waals surface area contributed by atoms with E-state index in [4.69, 9.17) is 22.7 Å². The van der Waals surface area contributed by atoms with Gasteiger partial charge in [0.15, 0.2) is 0 Å². The van der Waals surface area contributed by atoms with Gasteiger partial charge in [-0.15, -0.1) is 0 Å². The maximum Gasteiger partial charge on any atom is 0.122 e. The number of hydrogen-bond donors (Lipinski definition) is 1. The van der Waals surface area contributed by atoms with Crippen LogP contribution in [0, 0.1) is 0 Å². The van der Waals surface area contributed by atoms with E-state index in [9.17, 15) is 0 Å². The van der Waals surface area contributed by atoms with E-state index in [2.05, 4.69) is 30.1 Å². The zero-order valence-electron chi connectivity index (χ0n) is 12.0. The summed E-state index contributed by atoms with van der Waals surface area (Å²) in [4.78, 5) is 2.65. The Morgan fingerprint density at radius 3 is 2.90 bits per heavy atom. The Morgan fingerprint density at radius 2 is 2.10 bits per heavy atom. The lowest BCUT2D eigenvalue weighted by Gasteiger charge is -2.23. The maximum absolute atomic E-state index is 5.74. The molecule has 2 N–H and O–H groups in total. The maximum atomic E-state index is 5.74. The highest BCUT2D eigenvalue weighted by Crippen LogP contribution is 2.34. The van der Waals surface area contributed by atoms with Crippen molar-refractivity contribution in [3.63, 3.8) is 0 Å². The molecular formula is C17H18N2OS. The van der Waals surface area contributed by atoms with E-state index in [1.54, 1.807) is 0 Å². The summed E-state index contributed by atoms with van der Waals surface area (Å²) in [5.41, 5.74) is 9.01. The van der Waals surface area contributed by atoms with Gasteiger partial charge in [-0.1, -0.05) is 42.5 Å². The molecule has 108 valence electrons. The van der Waals surface area contributed by atoms with Crippen LogP contribution in [0.4, 0.5) is 5.69 Å². The normalized spacial score (nSPS) is 16.1. The minimum Gasteiger partial charge on any atom is -0.493 e. The van der Waals surface area contributed by atoms with Gasteiger partial charge in [-0.2, -0.15) is 0 Å². The van der Waals surface area contributed by atoms with Gasteiger partial charge in [0.1, 0.15) is 10.7 Å². The molecule has 0 saturated heterocycles. The summed E-state index contributed by atoms with van der Waals surface area (Å²) >= 11 is 5.04. The summed E-state index contributed by atoms with van der Waals surface area (Å²) in [6, 6.07) is 16.3. The van der Waals surface area contributed by atoms with Gasteiger partial charge in [0, 0.05) is 36.3 Å². The summed E-state index contributed by atoms with van der Waals surface area (Å²) < 4.78 is 5.74. The third-order valence-electron chi connectivity index (χ3n) is 3.86. The first-order chi connectivity index (χ1) is 10.1. The van der Waals surface area contributed by atoms with Gasteiger partial charge in [-0.25, -0.2) is 0 Å². The molecule has 3 nitrogen and oxygen atoms in total. The molecule has 0 saturated carbocycles. The number of para-hydroxylation sites is 1. The highest BCUT2D eigenvalue weighted by Gasteiger charge is 2.24. The van der Waals surface area contributed by atoms with E-state index in [1.165, 1.54) is 5.56 Å². The molecule has 1 aliphatic heterocycles. The van der Waals surface area contributed by atoms with Crippen LogP contribution in [0.2, 0.25) is 0 Å². The van der Waals surface area contributed by atoms with Crippen molar-refractivity contribution in [2.24, 2.45) is 5.73 Å². The van der Waals surface area contributed by atoms with Crippen molar-refractivity contribution < 1.29 is 4.74 Å². The van der Waals surface area contributed by atoms with E-state index in [1.807, 2.05) is 30.3 Å². The van der Waals surface area contributed by atoms with Crippen molar-refractivity contribution in [2.75, 3.05) is 25.1 Å². The number of nitrogens with two attached hydrogens (primary N) is 1. The number of rotatable bonds is 4. The first-order valence-electron chi connectivity index (χ1n) is 6.98. The number of nitrogens with zero attached hydrogens (tertiary/aromatic N) is 1. The molecule has 1 aliphatic rings. The zero-order valence-corrected chi connectivity index (χ0v) is 12.8. The standard InChI is InChI=1S/C17H18N2OS/c1-19(14-6-4-5-12(9-14)17(18)21)10-13-11-20-16-8-3-2-7-15(13)16/h2-9,13H,10-11H2,1H3,(H2,18,21). The van der Waals surface area contributed by atoms with Crippen molar-refractivity contribution >= 4 is 22.9 Å². The number of ether oxygens (including phenoxy) is 1. The molecule has 0 aliphatic carbocycles. The van der Waals surface area contributed by atoms with Gasteiger partial charge < -0.3 is 15.4 Å². The molecule has 0 bridgehead atoms. The van der Waals surface area contributed by atoms with Crippen LogP contribution in [-0.4, -0.2) is 25.2 Å². The summed E-state index contributed by atoms with van der Waals surface area (Å²) in [6.07, 6.45) is 0. The van der Waals surface area contributed by atoms with Gasteiger partial charge in [0.05, 0.1) is 6.61 Å². The summed E-state index contributed by atoms with van der Waals surface area (Å²) in [7, 11) is 2.08. The Hall–Kier alpha value is -2.07. The molecule has 0 amide bonds. The predicted molar refractivity (Wildman–Crippen MR) is 90.3 cm³/mol. The quantitative estimate of drug-likeness (QED) is 0.881. The minimum atomic E-state index is 0.389. The highest BCUT2D eigenvalue weighted by atomic mass is 32.1. The zero-order chi connectivity index (χ0) is 14.8. The number of benzene rings is 2. The molecule has 1 atom stereocenters. The van der Waals surface area contributed by atoms with Crippen LogP contribution < -0.4 is 15.4 Å². The molecule has 21 heavy (non-hydrogen) atoms. The van der Waals surface area contributed by atoms with Crippen molar-refractivity contribution in [1.82, 2.24) is 0 Å². The van der Waals surface area contributed by atoms with E-state index in [-0.39, 0.29) is 0 Å². The molecule has 0 spiro atoms. The number of thiocarbonyl (C=S) groups is 1. The van der Waals surface area contributed by atoms with Crippen LogP contribution in [0.25, 0.3) is 0 Å². The molecule has 1 unspecified atom stereocenters. The van der Waals surface area contributed by atoms with Crippen LogP contribution in [0.1, 0.15) is 17.0 Å². The SMILES string of the molecule is CN(CC1COc2ccccc21)c1cccc(C(N)=S)c1. The smallest absolute Gasteiger partial charge is 0.122 e. The highest BCUT2D eigenvalue weighted by molar-refractivity contribution is 7.80. The Kier molecular flexibility index (Phi) is 3.80. The topological polar surface area (TPSA) is 38.5 Å². The van der Waals surface area contributed by atoms with Gasteiger partial charge in [-0.05, 0) is 18.2 Å². The third-order valence-corrected chi connectivity index (χ3v) is 4.10. The van der Waals surface area contributed by atoms with Crippen molar-refractivity contribution in [2.45, 2.75) is 5.92 Å². The van der Waals surface area contributed by atoms with Gasteiger partial charge in [-0.3, -0.25) is 0 Å². The fourth-order valence-electron chi connectivity index (χ4n) is 2.71. The second-order valence-electron chi connectivity index (χ2n) is 5.34. The Bertz CT molecular complexity index is 671. The van der Waals surface area contributed by atoms with Gasteiger partial charge >= 0.3 is 0 Å². The molecule has 0 radical (unpaired) electrons. The Labute approximate surface area is 130 Å². The third kappa shape index (κ3) is 2.85. The lowest BCUT2D eigenvalue weighted by molar-refractivity contribution is 0.332. The number of likely N-dealkylation sites (N-methyl/N-ethyl adjacent to an activating group) is 1. The first-order valence-corrected chi connectivity index (χ1v) is 7.38. The van der Waals surface area contributed by atoms with E-state index >= 15 is 0 Å². The molecule has 2 aromatic carbocycles. The second kappa shape index (κ2) is 5.74. The minimum absolute atomic E-state index is 0.389. The molecule has 3 rings (SSSR count). The number of anilines is 1. The van der Waals surface area contributed by atoms with Crippen LogP contribution in [0.5, 0.6) is 5.75 Å². The van der Waals surface area contributed by atoms with Crippen LogP contribution in [-0.2, 0) is 0 Å². The Balaban J connectivity index is 1.77. The van der Waals surface area contributed by atoms with Crippen LogP contribution in [0.3, 0.4) is 0 Å². The largest absolute Gasteiger partial charge is 0.493 e. The molecule has 0 fully saturated rings. The molecule has 4 heteroatoms. The van der Waals surface area contributed by atoms with Crippen LogP contribution >= 0.6 is 12.2 Å². The Morgan fingerprint density at radius 1 is 1.29 bits per heavy atom. The van der Waals surface area contributed by atoms with Crippen molar-refractivity contribution in [1.29, 1.82) is 0 Å². The lowest BCUT2D eigenvalue weighted by Crippen LogP contribution is -2.25. The predicted octanol–water partition coefficient (Wildman–Crippen LogP) is 2.93. The van der Waals surface area contributed by atoms with Gasteiger partial charge in [0.25, 0.3) is 0 Å². The molecule has 1 heterocycles. The average molecular weight is 298 g/mol. The molecular weight excluding hydrogens is 280 g/mol. The molecule has 0 aromatic heterocycles. The van der Waals surface area contributed by atoms with Crippen molar-refractivity contribution in [3.05, 3.63) is 59.7 Å². The fraction of sp³-hybridized carbons (Fsp3) is 0.235. The summed E-state index contributed by atoms with van der Waals surface area (Å²) in [5, 5.41) is 0. The first kappa shape index (κ1) is 13.9. The van der Waals surface area contributed by atoms with E-state index < -0.39 is 0 Å². The van der Waals surface area contributed by atoms with Crippen molar-refractivity contribution in [3.8, 4) is 5.75 Å². The van der Waals surface area contributed by atoms with Gasteiger partial charge in [0.2, 0.25) is 0 Å². The number of fused-ring (bicyclic) bond motifs is 1. The lowest BCUT2D eigenvalue weighted by atomic mass is 10.0. The van der Waals surface area contributed by atoms with Crippen LogP contribution in [0.15, 0.2) is 48.5 Å². The molecule has 2 aromatic rings. The summed E-state index contributed by atoms with van der Waals surface area (Å²) in [5.74, 6) is 1.40. The fourth-order valence-corrected chi connectivity index (χ4v) is 2.84. The number of hydrogen-bond acceptors (Lipinski definition) is 3. The second-order valence-corrected chi connectivity index (χ2v) is 5.78. The van der Waals surface area contributed by atoms with E-state index in [0.29, 0.717) is 10.9 Å².